The molecule has 0 bridgehead atoms. The lowest BCUT2D eigenvalue weighted by atomic mass is 9.83. The standard InChI is InChI=1S/C20H24O6/c1-6-11(3)19(23)25-17-12(4)9-14(21)7-10(2)8-15(22)16-13(5)20(24)26-18(16)17/h6-7,9,15-18,22H,5,8H2,1-4H3/b10-7+,11-6-,12-9-/t15-,16+,17?,18-/m0/s1. The summed E-state index contributed by atoms with van der Waals surface area (Å²) in [6.45, 7) is 10.4. The Labute approximate surface area is 152 Å². The highest BCUT2D eigenvalue weighted by atomic mass is 16.6. The van der Waals surface area contributed by atoms with Gasteiger partial charge in [-0.15, -0.1) is 0 Å². The number of aliphatic hydroxyl groups excluding tert-OH is 1. The van der Waals surface area contributed by atoms with Crippen molar-refractivity contribution < 1.29 is 29.0 Å². The van der Waals surface area contributed by atoms with Crippen molar-refractivity contribution in [2.24, 2.45) is 5.92 Å². The Kier molecular flexibility index (Phi) is 5.97. The number of fused-ring (bicyclic) bond motifs is 1. The van der Waals surface area contributed by atoms with E-state index in [1.165, 1.54) is 12.2 Å². The van der Waals surface area contributed by atoms with Gasteiger partial charge < -0.3 is 14.6 Å². The largest absolute Gasteiger partial charge is 0.454 e. The predicted octanol–water partition coefficient (Wildman–Crippen LogP) is 2.19. The molecule has 1 unspecified atom stereocenters. The molecule has 2 rings (SSSR count). The van der Waals surface area contributed by atoms with E-state index in [9.17, 15) is 19.5 Å². The summed E-state index contributed by atoms with van der Waals surface area (Å²) < 4.78 is 10.9. The smallest absolute Gasteiger partial charge is 0.334 e. The van der Waals surface area contributed by atoms with E-state index in [4.69, 9.17) is 9.47 Å². The Hall–Kier alpha value is -2.47. The number of rotatable bonds is 2. The Morgan fingerprint density at radius 3 is 2.62 bits per heavy atom. The van der Waals surface area contributed by atoms with Gasteiger partial charge in [0.05, 0.1) is 12.0 Å². The maximum Gasteiger partial charge on any atom is 0.334 e. The lowest BCUT2D eigenvalue weighted by molar-refractivity contribution is -0.157. The first-order chi connectivity index (χ1) is 12.1. The van der Waals surface area contributed by atoms with Crippen LogP contribution in [-0.2, 0) is 23.9 Å². The van der Waals surface area contributed by atoms with Crippen molar-refractivity contribution in [3.63, 3.8) is 0 Å². The molecule has 2 aliphatic rings. The van der Waals surface area contributed by atoms with Gasteiger partial charge in [-0.3, -0.25) is 4.79 Å². The molecular weight excluding hydrogens is 336 g/mol. The van der Waals surface area contributed by atoms with Crippen molar-refractivity contribution in [2.45, 2.75) is 52.4 Å². The molecule has 0 aromatic carbocycles. The normalized spacial score (nSPS) is 34.2. The Morgan fingerprint density at radius 2 is 2.00 bits per heavy atom. The van der Waals surface area contributed by atoms with Gasteiger partial charge in [0.1, 0.15) is 0 Å². The number of hydrogen-bond acceptors (Lipinski definition) is 6. The molecule has 1 aliphatic carbocycles. The molecule has 26 heavy (non-hydrogen) atoms. The van der Waals surface area contributed by atoms with E-state index < -0.39 is 36.2 Å². The summed E-state index contributed by atoms with van der Waals surface area (Å²) in [5.74, 6) is -2.23. The minimum atomic E-state index is -0.990. The summed E-state index contributed by atoms with van der Waals surface area (Å²) in [4.78, 5) is 36.5. The second kappa shape index (κ2) is 7.83. The van der Waals surface area contributed by atoms with Crippen molar-refractivity contribution in [3.05, 3.63) is 47.1 Å². The van der Waals surface area contributed by atoms with E-state index in [2.05, 4.69) is 6.58 Å². The zero-order chi connectivity index (χ0) is 19.6. The molecule has 1 fully saturated rings. The van der Waals surface area contributed by atoms with Crippen LogP contribution in [0.4, 0.5) is 0 Å². The number of ether oxygens (including phenoxy) is 2. The molecule has 140 valence electrons. The van der Waals surface area contributed by atoms with Crippen molar-refractivity contribution in [1.29, 1.82) is 0 Å². The zero-order valence-corrected chi connectivity index (χ0v) is 15.4. The van der Waals surface area contributed by atoms with Crippen LogP contribution in [0.5, 0.6) is 0 Å². The van der Waals surface area contributed by atoms with Gasteiger partial charge in [-0.1, -0.05) is 18.2 Å². The third-order valence-electron chi connectivity index (χ3n) is 4.70. The molecule has 0 aromatic heterocycles. The van der Waals surface area contributed by atoms with Crippen LogP contribution in [0.25, 0.3) is 0 Å². The molecule has 0 aromatic rings. The lowest BCUT2D eigenvalue weighted by Gasteiger charge is -2.30. The molecule has 4 atom stereocenters. The van der Waals surface area contributed by atoms with E-state index >= 15 is 0 Å². The van der Waals surface area contributed by atoms with Crippen LogP contribution in [0.1, 0.15) is 34.1 Å². The molecule has 0 saturated carbocycles. The molecule has 1 N–H and O–H groups in total. The molecule has 1 saturated heterocycles. The zero-order valence-electron chi connectivity index (χ0n) is 15.4. The number of aliphatic hydroxyl groups is 1. The highest BCUT2D eigenvalue weighted by Crippen LogP contribution is 2.37. The van der Waals surface area contributed by atoms with Crippen LogP contribution in [0, 0.1) is 5.92 Å². The third-order valence-corrected chi connectivity index (χ3v) is 4.70. The monoisotopic (exact) mass is 360 g/mol. The first-order valence-corrected chi connectivity index (χ1v) is 8.46. The lowest BCUT2D eigenvalue weighted by Crippen LogP contribution is -2.41. The summed E-state index contributed by atoms with van der Waals surface area (Å²) in [5.41, 5.74) is 1.64. The van der Waals surface area contributed by atoms with Gasteiger partial charge >= 0.3 is 11.9 Å². The first kappa shape index (κ1) is 19.8. The number of carbonyl (C=O) groups is 3. The molecule has 1 aliphatic heterocycles. The fourth-order valence-electron chi connectivity index (χ4n) is 3.16. The Bertz CT molecular complexity index is 739. The molecule has 0 spiro atoms. The second-order valence-electron chi connectivity index (χ2n) is 6.77. The van der Waals surface area contributed by atoms with Gasteiger partial charge in [0, 0.05) is 11.1 Å². The van der Waals surface area contributed by atoms with Crippen molar-refractivity contribution >= 4 is 17.7 Å². The SMILES string of the molecule is C=C1C(=O)O[C@@H]2C(OC(=O)/C(C)=C\C)/C(C)=C\C(=O)/C=C(\C)C[C@H](O)[C@@H]12. The molecule has 6 heteroatoms. The van der Waals surface area contributed by atoms with E-state index in [0.717, 1.165) is 0 Å². The molecule has 0 amide bonds. The maximum atomic E-state index is 12.3. The van der Waals surface area contributed by atoms with Gasteiger partial charge in [0.2, 0.25) is 0 Å². The van der Waals surface area contributed by atoms with Gasteiger partial charge in [-0.05, 0) is 51.8 Å². The van der Waals surface area contributed by atoms with Crippen LogP contribution in [-0.4, -0.2) is 41.1 Å². The predicted molar refractivity (Wildman–Crippen MR) is 95.0 cm³/mol. The number of ketones is 1. The van der Waals surface area contributed by atoms with Crippen molar-refractivity contribution in [2.75, 3.05) is 0 Å². The molecule has 1 heterocycles. The number of carbonyl (C=O) groups excluding carboxylic acids is 3. The minimum absolute atomic E-state index is 0.138. The minimum Gasteiger partial charge on any atom is -0.454 e. The highest BCUT2D eigenvalue weighted by Gasteiger charge is 2.48. The Morgan fingerprint density at radius 1 is 1.35 bits per heavy atom. The van der Waals surface area contributed by atoms with E-state index in [1.807, 2.05) is 0 Å². The average molecular weight is 360 g/mol. The van der Waals surface area contributed by atoms with Gasteiger partial charge in [-0.25, -0.2) is 9.59 Å². The third kappa shape index (κ3) is 4.02. The quantitative estimate of drug-likeness (QED) is 0.600. The van der Waals surface area contributed by atoms with Gasteiger partial charge in [0.25, 0.3) is 0 Å². The van der Waals surface area contributed by atoms with Crippen LogP contribution in [0.15, 0.2) is 47.1 Å². The number of hydrogen-bond donors (Lipinski definition) is 1. The number of allylic oxidation sites excluding steroid dienone is 3. The summed E-state index contributed by atoms with van der Waals surface area (Å²) in [7, 11) is 0. The van der Waals surface area contributed by atoms with E-state index in [1.54, 1.807) is 33.8 Å². The molecule has 6 nitrogen and oxygen atoms in total. The van der Waals surface area contributed by atoms with Crippen molar-refractivity contribution in [1.82, 2.24) is 0 Å². The molecular formula is C20H24O6. The summed E-state index contributed by atoms with van der Waals surface area (Å²) >= 11 is 0. The van der Waals surface area contributed by atoms with E-state index in [0.29, 0.717) is 16.7 Å². The molecule has 0 radical (unpaired) electrons. The summed E-state index contributed by atoms with van der Waals surface area (Å²) in [5, 5.41) is 10.6. The number of esters is 2. The van der Waals surface area contributed by atoms with Gasteiger partial charge in [-0.2, -0.15) is 0 Å². The first-order valence-electron chi connectivity index (χ1n) is 8.46. The van der Waals surface area contributed by atoms with Gasteiger partial charge in [0.15, 0.2) is 18.0 Å². The fraction of sp³-hybridized carbons (Fsp3) is 0.450. The van der Waals surface area contributed by atoms with Crippen LogP contribution < -0.4 is 0 Å². The van der Waals surface area contributed by atoms with Crippen LogP contribution in [0.2, 0.25) is 0 Å². The Balaban J connectivity index is 2.52. The topological polar surface area (TPSA) is 89.9 Å². The summed E-state index contributed by atoms with van der Waals surface area (Å²) in [6, 6.07) is 0. The second-order valence-corrected chi connectivity index (χ2v) is 6.77. The average Bonchev–Trinajstić information content (AvgIpc) is 2.85. The summed E-state index contributed by atoms with van der Waals surface area (Å²) in [6.07, 6.45) is 1.65. The van der Waals surface area contributed by atoms with Crippen LogP contribution in [0.3, 0.4) is 0 Å². The van der Waals surface area contributed by atoms with Crippen molar-refractivity contribution in [3.8, 4) is 0 Å². The highest BCUT2D eigenvalue weighted by molar-refractivity contribution is 6.00. The van der Waals surface area contributed by atoms with Crippen LogP contribution >= 0.6 is 0 Å². The fourth-order valence-corrected chi connectivity index (χ4v) is 3.16. The maximum absolute atomic E-state index is 12.3. The van der Waals surface area contributed by atoms with E-state index in [-0.39, 0.29) is 17.8 Å².